The molecular weight excluding hydrogens is 457 g/mol. The van der Waals surface area contributed by atoms with E-state index < -0.39 is 11.4 Å². The van der Waals surface area contributed by atoms with Crippen LogP contribution in [-0.2, 0) is 10.3 Å². The monoisotopic (exact) mass is 487 g/mol. The lowest BCUT2D eigenvalue weighted by Crippen LogP contribution is -2.59. The number of nitrogens with zero attached hydrogens (tertiary/aromatic N) is 1. The Kier molecular flexibility index (Phi) is 5.72. The zero-order chi connectivity index (χ0) is 24.9. The molecule has 0 radical (unpaired) electrons. The Hall–Kier alpha value is -3.38. The number of rotatable bonds is 4. The number of fused-ring (bicyclic) bond motifs is 5. The molecule has 5 nitrogen and oxygen atoms in total. The summed E-state index contributed by atoms with van der Waals surface area (Å²) in [5, 5.41) is 11.6. The van der Waals surface area contributed by atoms with Crippen molar-refractivity contribution in [2.45, 2.75) is 55.7 Å². The molecule has 2 saturated heterocycles. The lowest BCUT2D eigenvalue weighted by molar-refractivity contribution is -0.0892. The van der Waals surface area contributed by atoms with Gasteiger partial charge < -0.3 is 19.5 Å². The molecule has 1 aliphatic carbocycles. The quantitative estimate of drug-likeness (QED) is 0.491. The van der Waals surface area contributed by atoms with Gasteiger partial charge in [0.1, 0.15) is 6.61 Å². The number of carbonyl (C=O) groups excluding carboxylic acids is 1. The second kappa shape index (κ2) is 8.93. The van der Waals surface area contributed by atoms with Crippen LogP contribution in [0.4, 0.5) is 9.18 Å². The van der Waals surface area contributed by atoms with Gasteiger partial charge in [-0.25, -0.2) is 9.18 Å². The summed E-state index contributed by atoms with van der Waals surface area (Å²) in [6.45, 7) is 0.275. The predicted octanol–water partition coefficient (Wildman–Crippen LogP) is 5.99. The van der Waals surface area contributed by atoms with E-state index in [-0.39, 0.29) is 36.5 Å². The van der Waals surface area contributed by atoms with Gasteiger partial charge in [-0.15, -0.1) is 0 Å². The Bertz CT molecular complexity index is 1250. The highest BCUT2D eigenvalue weighted by molar-refractivity contribution is 5.79. The number of methoxy groups -OCH3 is 1. The van der Waals surface area contributed by atoms with Gasteiger partial charge in [0.05, 0.1) is 12.7 Å². The van der Waals surface area contributed by atoms with Crippen molar-refractivity contribution >= 4 is 6.09 Å². The van der Waals surface area contributed by atoms with Gasteiger partial charge >= 0.3 is 6.09 Å². The maximum atomic E-state index is 14.4. The molecule has 2 atom stereocenters. The summed E-state index contributed by atoms with van der Waals surface area (Å²) in [5.74, 6) is -0.337. The van der Waals surface area contributed by atoms with E-state index in [2.05, 4.69) is 24.3 Å². The third-order valence-electron chi connectivity index (χ3n) is 8.24. The van der Waals surface area contributed by atoms with E-state index in [0.717, 1.165) is 19.3 Å². The second-order valence-corrected chi connectivity index (χ2v) is 10.2. The minimum atomic E-state index is -1.19. The van der Waals surface area contributed by atoms with Crippen molar-refractivity contribution in [3.8, 4) is 16.9 Å². The van der Waals surface area contributed by atoms with Crippen LogP contribution in [-0.4, -0.2) is 41.9 Å². The van der Waals surface area contributed by atoms with Crippen LogP contribution in [0.5, 0.6) is 5.75 Å². The van der Waals surface area contributed by atoms with Crippen molar-refractivity contribution in [1.29, 1.82) is 0 Å². The van der Waals surface area contributed by atoms with Gasteiger partial charge in [0, 0.05) is 30.8 Å². The number of ether oxygens (including phenoxy) is 2. The summed E-state index contributed by atoms with van der Waals surface area (Å²) in [5.41, 5.74) is 4.09. The van der Waals surface area contributed by atoms with E-state index >= 15 is 0 Å². The van der Waals surface area contributed by atoms with Gasteiger partial charge in [-0.2, -0.15) is 0 Å². The summed E-state index contributed by atoms with van der Waals surface area (Å²) in [6.07, 6.45) is 2.98. The number of carbonyl (C=O) groups is 1. The zero-order valence-electron chi connectivity index (χ0n) is 20.3. The Morgan fingerprint density at radius 3 is 2.19 bits per heavy atom. The molecule has 6 rings (SSSR count). The standard InChI is InChI=1S/C30H30FNO4/c1-35-28-14-13-19(15-27(28)31)30(34)16-20-7-6-8-21(17-30)32(20)29(33)36-18-26-24-11-4-2-9-22(24)23-10-3-5-12-25(23)26/h2-5,9-15,20-21,26,34H,6-8,16-18H2,1H3. The number of benzene rings is 3. The SMILES string of the molecule is COc1ccc(C2(O)CC3CCCC(C2)N3C(=O)OCC2c3ccccc3-c3ccccc32)cc1F. The molecule has 1 N–H and O–H groups in total. The van der Waals surface area contributed by atoms with E-state index in [9.17, 15) is 14.3 Å². The molecule has 0 saturated carbocycles. The van der Waals surface area contributed by atoms with Crippen molar-refractivity contribution in [1.82, 2.24) is 4.90 Å². The Morgan fingerprint density at radius 1 is 1.00 bits per heavy atom. The number of piperidine rings is 2. The minimum absolute atomic E-state index is 0.00480. The van der Waals surface area contributed by atoms with Crippen molar-refractivity contribution in [3.63, 3.8) is 0 Å². The van der Waals surface area contributed by atoms with Gasteiger partial charge in [0.25, 0.3) is 0 Å². The summed E-state index contributed by atoms with van der Waals surface area (Å²) in [7, 11) is 1.42. The molecule has 2 heterocycles. The van der Waals surface area contributed by atoms with E-state index in [1.807, 2.05) is 29.2 Å². The van der Waals surface area contributed by atoms with Crippen LogP contribution in [0.15, 0.2) is 66.7 Å². The molecule has 36 heavy (non-hydrogen) atoms. The van der Waals surface area contributed by atoms with Crippen molar-refractivity contribution < 1.29 is 23.8 Å². The van der Waals surface area contributed by atoms with Crippen LogP contribution in [0, 0.1) is 5.82 Å². The van der Waals surface area contributed by atoms with Gasteiger partial charge in [0.15, 0.2) is 11.6 Å². The number of halogens is 1. The molecule has 6 heteroatoms. The predicted molar refractivity (Wildman–Crippen MR) is 134 cm³/mol. The maximum Gasteiger partial charge on any atom is 0.410 e. The number of aliphatic hydroxyl groups is 1. The molecule has 3 aromatic rings. The molecule has 2 unspecified atom stereocenters. The normalized spacial score (nSPS) is 24.7. The first kappa shape index (κ1) is 23.0. The van der Waals surface area contributed by atoms with Crippen molar-refractivity contribution in [3.05, 3.63) is 89.2 Å². The zero-order valence-corrected chi connectivity index (χ0v) is 20.3. The molecule has 1 amide bonds. The summed E-state index contributed by atoms with van der Waals surface area (Å²) < 4.78 is 25.4. The number of hydrogen-bond donors (Lipinski definition) is 1. The summed E-state index contributed by atoms with van der Waals surface area (Å²) in [6, 6.07) is 20.9. The fourth-order valence-corrected chi connectivity index (χ4v) is 6.59. The van der Waals surface area contributed by atoms with Crippen LogP contribution in [0.3, 0.4) is 0 Å². The fourth-order valence-electron chi connectivity index (χ4n) is 6.59. The molecule has 2 fully saturated rings. The lowest BCUT2D eigenvalue weighted by Gasteiger charge is -2.51. The molecule has 2 aliphatic heterocycles. The van der Waals surface area contributed by atoms with E-state index in [4.69, 9.17) is 9.47 Å². The van der Waals surface area contributed by atoms with Crippen LogP contribution in [0.2, 0.25) is 0 Å². The summed E-state index contributed by atoms with van der Waals surface area (Å²) >= 11 is 0. The molecule has 0 spiro atoms. The van der Waals surface area contributed by atoms with Gasteiger partial charge in [-0.05, 0) is 59.2 Å². The highest BCUT2D eigenvalue weighted by Crippen LogP contribution is 2.47. The van der Waals surface area contributed by atoms with Gasteiger partial charge in [-0.3, -0.25) is 0 Å². The molecule has 0 aromatic heterocycles. The first-order valence-electron chi connectivity index (χ1n) is 12.7. The average Bonchev–Trinajstić information content (AvgIpc) is 3.20. The maximum absolute atomic E-state index is 14.4. The molecule has 3 aliphatic rings. The molecule has 186 valence electrons. The molecule has 2 bridgehead atoms. The Labute approximate surface area is 210 Å². The van der Waals surface area contributed by atoms with Crippen LogP contribution in [0.1, 0.15) is 54.7 Å². The van der Waals surface area contributed by atoms with E-state index in [1.165, 1.54) is 35.4 Å². The molecule has 3 aromatic carbocycles. The first-order chi connectivity index (χ1) is 17.5. The van der Waals surface area contributed by atoms with Crippen LogP contribution in [0.25, 0.3) is 11.1 Å². The minimum Gasteiger partial charge on any atom is -0.494 e. The highest BCUT2D eigenvalue weighted by Gasteiger charge is 2.49. The van der Waals surface area contributed by atoms with Gasteiger partial charge in [-0.1, -0.05) is 54.6 Å². The number of hydrogen-bond acceptors (Lipinski definition) is 4. The topological polar surface area (TPSA) is 59.0 Å². The average molecular weight is 488 g/mol. The smallest absolute Gasteiger partial charge is 0.410 e. The largest absolute Gasteiger partial charge is 0.494 e. The molecular formula is C30H30FNO4. The van der Waals surface area contributed by atoms with Crippen molar-refractivity contribution in [2.24, 2.45) is 0 Å². The van der Waals surface area contributed by atoms with Crippen LogP contribution < -0.4 is 4.74 Å². The number of amides is 1. The van der Waals surface area contributed by atoms with E-state index in [0.29, 0.717) is 18.4 Å². The third-order valence-corrected chi connectivity index (χ3v) is 8.24. The van der Waals surface area contributed by atoms with E-state index in [1.54, 1.807) is 12.1 Å². The highest BCUT2D eigenvalue weighted by atomic mass is 19.1. The van der Waals surface area contributed by atoms with Gasteiger partial charge in [0.2, 0.25) is 0 Å². The first-order valence-corrected chi connectivity index (χ1v) is 12.7. The lowest BCUT2D eigenvalue weighted by atomic mass is 9.72. The second-order valence-electron chi connectivity index (χ2n) is 10.2. The summed E-state index contributed by atoms with van der Waals surface area (Å²) in [4.78, 5) is 15.3. The fraction of sp³-hybridized carbons (Fsp3) is 0.367. The van der Waals surface area contributed by atoms with Crippen molar-refractivity contribution in [2.75, 3.05) is 13.7 Å². The third kappa shape index (κ3) is 3.75. The Balaban J connectivity index is 1.20. The van der Waals surface area contributed by atoms with Crippen LogP contribution >= 0.6 is 0 Å². The Morgan fingerprint density at radius 2 is 1.61 bits per heavy atom.